The maximum absolute atomic E-state index is 11.4. The van der Waals surface area contributed by atoms with Crippen LogP contribution in [0.5, 0.6) is 5.75 Å². The lowest BCUT2D eigenvalue weighted by Gasteiger charge is -2.09. The standard InChI is InChI=1S/C12H15N3O5/c1-8(2)13-12(17)14-11(16)7-20-10-5-3-9(4-6-10)15(18)19/h3-6,8H,7H2,1-2H3,(H2,13,14,16,17). The van der Waals surface area contributed by atoms with Crippen molar-refractivity contribution in [2.75, 3.05) is 6.61 Å². The minimum absolute atomic E-state index is 0.0712. The molecule has 8 nitrogen and oxygen atoms in total. The number of carbonyl (C=O) groups excluding carboxylic acids is 2. The van der Waals surface area contributed by atoms with Crippen molar-refractivity contribution in [3.8, 4) is 5.75 Å². The second-order valence-electron chi connectivity index (χ2n) is 4.22. The highest BCUT2D eigenvalue weighted by Gasteiger charge is 2.10. The predicted molar refractivity (Wildman–Crippen MR) is 70.4 cm³/mol. The fourth-order valence-electron chi connectivity index (χ4n) is 1.27. The number of hydrogen-bond donors (Lipinski definition) is 2. The van der Waals surface area contributed by atoms with Crippen molar-refractivity contribution in [3.05, 3.63) is 34.4 Å². The maximum Gasteiger partial charge on any atom is 0.321 e. The predicted octanol–water partition coefficient (Wildman–Crippen LogP) is 1.21. The third kappa shape index (κ3) is 5.34. The van der Waals surface area contributed by atoms with Gasteiger partial charge in [-0.2, -0.15) is 0 Å². The van der Waals surface area contributed by atoms with Gasteiger partial charge in [0.2, 0.25) is 0 Å². The number of carbonyl (C=O) groups is 2. The van der Waals surface area contributed by atoms with Crippen LogP contribution in [0.15, 0.2) is 24.3 Å². The number of urea groups is 1. The molecule has 20 heavy (non-hydrogen) atoms. The van der Waals surface area contributed by atoms with Crippen LogP contribution in [0.3, 0.4) is 0 Å². The van der Waals surface area contributed by atoms with Gasteiger partial charge in [0.15, 0.2) is 6.61 Å². The largest absolute Gasteiger partial charge is 0.484 e. The smallest absolute Gasteiger partial charge is 0.321 e. The summed E-state index contributed by atoms with van der Waals surface area (Å²) in [6.07, 6.45) is 0. The number of non-ortho nitro benzene ring substituents is 1. The molecule has 0 unspecified atom stereocenters. The van der Waals surface area contributed by atoms with Crippen LogP contribution in [0.4, 0.5) is 10.5 Å². The first kappa shape index (κ1) is 15.4. The zero-order valence-electron chi connectivity index (χ0n) is 11.1. The molecule has 0 aliphatic heterocycles. The fourth-order valence-corrected chi connectivity index (χ4v) is 1.27. The van der Waals surface area contributed by atoms with Gasteiger partial charge in [-0.1, -0.05) is 0 Å². The number of amides is 3. The number of nitrogens with zero attached hydrogens (tertiary/aromatic N) is 1. The molecule has 0 radical (unpaired) electrons. The molecule has 3 amide bonds. The lowest BCUT2D eigenvalue weighted by molar-refractivity contribution is -0.384. The molecule has 0 spiro atoms. The molecule has 1 aromatic rings. The normalized spacial score (nSPS) is 9.95. The van der Waals surface area contributed by atoms with Crippen LogP contribution in [0.1, 0.15) is 13.8 Å². The summed E-state index contributed by atoms with van der Waals surface area (Å²) in [6, 6.07) is 4.59. The Morgan fingerprint density at radius 2 is 1.90 bits per heavy atom. The molecular weight excluding hydrogens is 266 g/mol. The molecule has 108 valence electrons. The Kier molecular flexibility index (Phi) is 5.45. The van der Waals surface area contributed by atoms with E-state index in [9.17, 15) is 19.7 Å². The van der Waals surface area contributed by atoms with Gasteiger partial charge in [0.05, 0.1) is 4.92 Å². The van der Waals surface area contributed by atoms with E-state index in [0.29, 0.717) is 5.75 Å². The van der Waals surface area contributed by atoms with Gasteiger partial charge in [0, 0.05) is 18.2 Å². The third-order valence-electron chi connectivity index (χ3n) is 2.09. The second kappa shape index (κ2) is 7.07. The lowest BCUT2D eigenvalue weighted by Crippen LogP contribution is -2.44. The van der Waals surface area contributed by atoms with Crippen molar-refractivity contribution >= 4 is 17.6 Å². The Bertz CT molecular complexity index is 498. The maximum atomic E-state index is 11.4. The van der Waals surface area contributed by atoms with E-state index in [2.05, 4.69) is 10.6 Å². The summed E-state index contributed by atoms with van der Waals surface area (Å²) in [5.41, 5.74) is -0.0712. The van der Waals surface area contributed by atoms with E-state index >= 15 is 0 Å². The van der Waals surface area contributed by atoms with E-state index in [1.165, 1.54) is 24.3 Å². The molecule has 0 atom stereocenters. The van der Waals surface area contributed by atoms with Gasteiger partial charge >= 0.3 is 6.03 Å². The third-order valence-corrected chi connectivity index (χ3v) is 2.09. The minimum Gasteiger partial charge on any atom is -0.484 e. The first-order valence-corrected chi connectivity index (χ1v) is 5.86. The molecule has 0 aromatic heterocycles. The number of nitro groups is 1. The topological polar surface area (TPSA) is 111 Å². The van der Waals surface area contributed by atoms with E-state index in [0.717, 1.165) is 0 Å². The average Bonchev–Trinajstić information content (AvgIpc) is 2.35. The number of benzene rings is 1. The molecular formula is C12H15N3O5. The Labute approximate surface area is 115 Å². The first-order valence-electron chi connectivity index (χ1n) is 5.86. The van der Waals surface area contributed by atoms with Crippen molar-refractivity contribution in [2.45, 2.75) is 19.9 Å². The van der Waals surface area contributed by atoms with E-state index in [1.54, 1.807) is 13.8 Å². The van der Waals surface area contributed by atoms with Crippen LogP contribution in [0, 0.1) is 10.1 Å². The highest BCUT2D eigenvalue weighted by molar-refractivity contribution is 5.95. The van der Waals surface area contributed by atoms with E-state index in [4.69, 9.17) is 4.74 Å². The van der Waals surface area contributed by atoms with Crippen molar-refractivity contribution in [3.63, 3.8) is 0 Å². The monoisotopic (exact) mass is 281 g/mol. The van der Waals surface area contributed by atoms with Crippen LogP contribution >= 0.6 is 0 Å². The summed E-state index contributed by atoms with van der Waals surface area (Å²) in [5.74, 6) is -0.309. The van der Waals surface area contributed by atoms with E-state index < -0.39 is 16.9 Å². The summed E-state index contributed by atoms with van der Waals surface area (Å²) in [7, 11) is 0. The molecule has 0 aliphatic rings. The van der Waals surface area contributed by atoms with Gasteiger partial charge in [-0.05, 0) is 26.0 Å². The molecule has 0 saturated heterocycles. The van der Waals surface area contributed by atoms with Crippen molar-refractivity contribution in [1.29, 1.82) is 0 Å². The molecule has 2 N–H and O–H groups in total. The molecule has 8 heteroatoms. The minimum atomic E-state index is -0.610. The van der Waals surface area contributed by atoms with Crippen LogP contribution in [-0.4, -0.2) is 29.5 Å². The van der Waals surface area contributed by atoms with Gasteiger partial charge in [0.1, 0.15) is 5.75 Å². The Hall–Kier alpha value is -2.64. The molecule has 0 aliphatic carbocycles. The summed E-state index contributed by atoms with van der Waals surface area (Å²) in [5, 5.41) is 15.0. The van der Waals surface area contributed by atoms with Gasteiger partial charge in [-0.15, -0.1) is 0 Å². The number of nitro benzene ring substituents is 1. The molecule has 1 aromatic carbocycles. The van der Waals surface area contributed by atoms with Crippen LogP contribution in [-0.2, 0) is 4.79 Å². The number of hydrogen-bond acceptors (Lipinski definition) is 5. The molecule has 0 bridgehead atoms. The quantitative estimate of drug-likeness (QED) is 0.622. The number of nitrogens with one attached hydrogen (secondary N) is 2. The van der Waals surface area contributed by atoms with Gasteiger partial charge in [0.25, 0.3) is 11.6 Å². The Morgan fingerprint density at radius 3 is 2.40 bits per heavy atom. The zero-order valence-corrected chi connectivity index (χ0v) is 11.1. The van der Waals surface area contributed by atoms with E-state index in [1.807, 2.05) is 0 Å². The summed E-state index contributed by atoms with van der Waals surface area (Å²) in [6.45, 7) is 3.16. The van der Waals surface area contributed by atoms with E-state index in [-0.39, 0.29) is 18.3 Å². The average molecular weight is 281 g/mol. The Morgan fingerprint density at radius 1 is 1.30 bits per heavy atom. The lowest BCUT2D eigenvalue weighted by atomic mass is 10.3. The highest BCUT2D eigenvalue weighted by atomic mass is 16.6. The molecule has 0 saturated carbocycles. The molecule has 1 rings (SSSR count). The number of ether oxygens (including phenoxy) is 1. The Balaban J connectivity index is 2.41. The SMILES string of the molecule is CC(C)NC(=O)NC(=O)COc1ccc([N+](=O)[O-])cc1. The highest BCUT2D eigenvalue weighted by Crippen LogP contribution is 2.16. The summed E-state index contributed by atoms with van der Waals surface area (Å²) in [4.78, 5) is 32.5. The number of rotatable bonds is 5. The van der Waals surface area contributed by atoms with Crippen molar-refractivity contribution < 1.29 is 19.2 Å². The van der Waals surface area contributed by atoms with Crippen molar-refractivity contribution in [2.24, 2.45) is 0 Å². The molecule has 0 heterocycles. The number of imide groups is 1. The summed E-state index contributed by atoms with van der Waals surface area (Å²) < 4.78 is 5.09. The van der Waals surface area contributed by atoms with Gasteiger partial charge in [-0.25, -0.2) is 4.79 Å². The van der Waals surface area contributed by atoms with Crippen LogP contribution < -0.4 is 15.4 Å². The first-order chi connectivity index (χ1) is 9.38. The van der Waals surface area contributed by atoms with Crippen LogP contribution in [0.25, 0.3) is 0 Å². The second-order valence-corrected chi connectivity index (χ2v) is 4.22. The van der Waals surface area contributed by atoms with Crippen molar-refractivity contribution in [1.82, 2.24) is 10.6 Å². The zero-order chi connectivity index (χ0) is 15.1. The van der Waals surface area contributed by atoms with Crippen LogP contribution in [0.2, 0.25) is 0 Å². The fraction of sp³-hybridized carbons (Fsp3) is 0.333. The van der Waals surface area contributed by atoms with Gasteiger partial charge < -0.3 is 10.1 Å². The molecule has 0 fully saturated rings. The summed E-state index contributed by atoms with van der Waals surface area (Å²) >= 11 is 0. The van der Waals surface area contributed by atoms with Gasteiger partial charge in [-0.3, -0.25) is 20.2 Å².